The van der Waals surface area contributed by atoms with Crippen molar-refractivity contribution in [3.63, 3.8) is 0 Å². The van der Waals surface area contributed by atoms with E-state index >= 15 is 0 Å². The van der Waals surface area contributed by atoms with E-state index in [2.05, 4.69) is 0 Å². The fourth-order valence-corrected chi connectivity index (χ4v) is 1.24. The number of carbonyl (C=O) groups excluding carboxylic acids is 1. The maximum atomic E-state index is 10.4. The normalized spacial score (nSPS) is 9.83. The van der Waals surface area contributed by atoms with E-state index in [4.69, 9.17) is 28.9 Å². The predicted molar refractivity (Wildman–Crippen MR) is 48.3 cm³/mol. The second kappa shape index (κ2) is 3.78. The lowest BCUT2D eigenvalue weighted by molar-refractivity contribution is -0.118. The van der Waals surface area contributed by atoms with Gasteiger partial charge in [0.2, 0.25) is 5.91 Å². The predicted octanol–water partition coefficient (Wildman–Crippen LogP) is 2.35. The summed E-state index contributed by atoms with van der Waals surface area (Å²) in [5.74, 6) is -0.667. The molecule has 0 aliphatic heterocycles. The van der Waals surface area contributed by atoms with Crippen LogP contribution in [0.3, 0.4) is 0 Å². The molecule has 0 bridgehead atoms. The van der Waals surface area contributed by atoms with Gasteiger partial charge in [0.1, 0.15) is 0 Å². The minimum Gasteiger partial charge on any atom is -0.273 e. The molecule has 1 radical (unpaired) electrons. The second-order valence-corrected chi connectivity index (χ2v) is 3.10. The topological polar surface area (TPSA) is 40.9 Å². The Morgan fingerprint density at radius 3 is 2.67 bits per heavy atom. The number of hydrogen-bond donors (Lipinski definition) is 0. The molecule has 0 aliphatic rings. The molecule has 1 aromatic carbocycles. The van der Waals surface area contributed by atoms with Crippen molar-refractivity contribution in [2.24, 2.45) is 0 Å². The zero-order valence-electron chi connectivity index (χ0n) is 6.10. The Bertz CT molecular complexity index is 312. The number of halogens is 2. The van der Waals surface area contributed by atoms with Crippen LogP contribution in [0.1, 0.15) is 5.56 Å². The lowest BCUT2D eigenvalue weighted by Crippen LogP contribution is -2.02. The Hall–Kier alpha value is -0.730. The van der Waals surface area contributed by atoms with Crippen LogP contribution in [0.2, 0.25) is 10.0 Å². The number of benzene rings is 1. The van der Waals surface area contributed by atoms with Crippen LogP contribution in [0.15, 0.2) is 18.2 Å². The molecule has 1 rings (SSSR count). The van der Waals surface area contributed by atoms with Gasteiger partial charge in [-0.3, -0.25) is 10.5 Å². The summed E-state index contributed by atoms with van der Waals surface area (Å²) >= 11 is 11.5. The summed E-state index contributed by atoms with van der Waals surface area (Å²) in [7, 11) is 0. The molecular formula is C8H6Cl2NO. The van der Waals surface area contributed by atoms with E-state index < -0.39 is 5.91 Å². The molecule has 12 heavy (non-hydrogen) atoms. The SMILES string of the molecule is [NH]C(=O)Cc1cccc(Cl)c1Cl. The smallest absolute Gasteiger partial charge is 0.242 e. The van der Waals surface area contributed by atoms with E-state index in [9.17, 15) is 4.79 Å². The summed E-state index contributed by atoms with van der Waals surface area (Å²) < 4.78 is 0. The number of rotatable bonds is 2. The zero-order valence-corrected chi connectivity index (χ0v) is 7.62. The largest absolute Gasteiger partial charge is 0.273 e. The molecule has 0 heterocycles. The van der Waals surface area contributed by atoms with Crippen molar-refractivity contribution in [3.8, 4) is 0 Å². The van der Waals surface area contributed by atoms with E-state index in [0.29, 0.717) is 15.6 Å². The van der Waals surface area contributed by atoms with Gasteiger partial charge in [0.25, 0.3) is 0 Å². The first-order valence-corrected chi connectivity index (χ1v) is 4.04. The van der Waals surface area contributed by atoms with E-state index in [1.165, 1.54) is 0 Å². The molecule has 0 aromatic heterocycles. The highest BCUT2D eigenvalue weighted by Gasteiger charge is 2.06. The summed E-state index contributed by atoms with van der Waals surface area (Å²) in [4.78, 5) is 10.4. The summed E-state index contributed by atoms with van der Waals surface area (Å²) in [5, 5.41) is 0.773. The van der Waals surface area contributed by atoms with Crippen molar-refractivity contribution in [1.82, 2.24) is 5.73 Å². The van der Waals surface area contributed by atoms with Gasteiger partial charge in [0.15, 0.2) is 0 Å². The first kappa shape index (κ1) is 9.36. The molecule has 0 saturated heterocycles. The van der Waals surface area contributed by atoms with Crippen molar-refractivity contribution >= 4 is 29.1 Å². The van der Waals surface area contributed by atoms with Gasteiger partial charge in [-0.15, -0.1) is 0 Å². The molecule has 0 saturated carbocycles. The van der Waals surface area contributed by atoms with Crippen molar-refractivity contribution in [3.05, 3.63) is 33.8 Å². The number of hydrogen-bond acceptors (Lipinski definition) is 1. The molecule has 1 N–H and O–H groups in total. The molecule has 2 nitrogen and oxygen atoms in total. The molecule has 0 fully saturated rings. The molecule has 1 aromatic rings. The molecular weight excluding hydrogens is 197 g/mol. The van der Waals surface area contributed by atoms with Crippen LogP contribution in [0, 0.1) is 0 Å². The highest BCUT2D eigenvalue weighted by atomic mass is 35.5. The molecule has 0 aliphatic carbocycles. The van der Waals surface area contributed by atoms with Gasteiger partial charge < -0.3 is 0 Å². The minimum absolute atomic E-state index is 0.0133. The molecule has 0 unspecified atom stereocenters. The van der Waals surface area contributed by atoms with Crippen molar-refractivity contribution in [2.45, 2.75) is 6.42 Å². The molecule has 4 heteroatoms. The minimum atomic E-state index is -0.667. The van der Waals surface area contributed by atoms with Gasteiger partial charge in [-0.2, -0.15) is 0 Å². The van der Waals surface area contributed by atoms with Gasteiger partial charge in [-0.1, -0.05) is 35.3 Å². The Labute approximate surface area is 80.3 Å². The fraction of sp³-hybridized carbons (Fsp3) is 0.125. The maximum Gasteiger partial charge on any atom is 0.242 e. The highest BCUT2D eigenvalue weighted by molar-refractivity contribution is 6.42. The summed E-state index contributed by atoms with van der Waals surface area (Å²) in [6.45, 7) is 0. The maximum absolute atomic E-state index is 10.4. The first-order valence-electron chi connectivity index (χ1n) is 3.28. The molecule has 63 valence electrons. The fourth-order valence-electron chi connectivity index (χ4n) is 0.858. The molecule has 1 amide bonds. The lowest BCUT2D eigenvalue weighted by atomic mass is 10.1. The standard InChI is InChI=1S/C8H6Cl2NO/c9-6-3-1-2-5(8(6)10)4-7(11)12/h1-3,11H,4H2. The van der Waals surface area contributed by atoms with Gasteiger partial charge in [-0.25, -0.2) is 0 Å². The number of nitrogens with one attached hydrogen (secondary N) is 1. The summed E-state index contributed by atoms with van der Waals surface area (Å²) in [5.41, 5.74) is 7.34. The van der Waals surface area contributed by atoms with Crippen LogP contribution in [0.5, 0.6) is 0 Å². The van der Waals surface area contributed by atoms with E-state index in [-0.39, 0.29) is 6.42 Å². The number of amides is 1. The van der Waals surface area contributed by atoms with Crippen LogP contribution >= 0.6 is 23.2 Å². The van der Waals surface area contributed by atoms with Crippen molar-refractivity contribution < 1.29 is 4.79 Å². The summed E-state index contributed by atoms with van der Waals surface area (Å²) in [6, 6.07) is 5.02. The Morgan fingerprint density at radius 2 is 2.08 bits per heavy atom. The van der Waals surface area contributed by atoms with Gasteiger partial charge in [0.05, 0.1) is 16.5 Å². The number of carbonyl (C=O) groups is 1. The molecule has 0 spiro atoms. The van der Waals surface area contributed by atoms with Gasteiger partial charge in [0, 0.05) is 0 Å². The average Bonchev–Trinajstić information content (AvgIpc) is 1.98. The third-order valence-corrected chi connectivity index (χ3v) is 2.24. The first-order chi connectivity index (χ1) is 5.61. The third kappa shape index (κ3) is 2.13. The van der Waals surface area contributed by atoms with Gasteiger partial charge >= 0.3 is 0 Å². The monoisotopic (exact) mass is 202 g/mol. The van der Waals surface area contributed by atoms with E-state index in [1.54, 1.807) is 18.2 Å². The average molecular weight is 203 g/mol. The summed E-state index contributed by atoms with van der Waals surface area (Å²) in [6.07, 6.45) is 0.0133. The third-order valence-electron chi connectivity index (χ3n) is 1.38. The Kier molecular flexibility index (Phi) is 2.95. The van der Waals surface area contributed by atoms with Crippen LogP contribution in [0.4, 0.5) is 0 Å². The molecule has 0 atom stereocenters. The van der Waals surface area contributed by atoms with Crippen molar-refractivity contribution in [2.75, 3.05) is 0 Å². The quantitative estimate of drug-likeness (QED) is 0.727. The van der Waals surface area contributed by atoms with E-state index in [0.717, 1.165) is 0 Å². The van der Waals surface area contributed by atoms with E-state index in [1.807, 2.05) is 0 Å². The second-order valence-electron chi connectivity index (χ2n) is 2.31. The van der Waals surface area contributed by atoms with Crippen LogP contribution < -0.4 is 5.73 Å². The Morgan fingerprint density at radius 1 is 1.42 bits per heavy atom. The van der Waals surface area contributed by atoms with Crippen molar-refractivity contribution in [1.29, 1.82) is 0 Å². The zero-order chi connectivity index (χ0) is 9.14. The lowest BCUT2D eigenvalue weighted by Gasteiger charge is -2.01. The highest BCUT2D eigenvalue weighted by Crippen LogP contribution is 2.25. The van der Waals surface area contributed by atoms with Crippen LogP contribution in [-0.2, 0) is 11.2 Å². The van der Waals surface area contributed by atoms with Crippen LogP contribution in [0.25, 0.3) is 0 Å². The van der Waals surface area contributed by atoms with Crippen LogP contribution in [-0.4, -0.2) is 5.91 Å². The Balaban J connectivity index is 3.00. The van der Waals surface area contributed by atoms with Gasteiger partial charge in [-0.05, 0) is 11.6 Å².